The fourth-order valence-corrected chi connectivity index (χ4v) is 1.29. The van der Waals surface area contributed by atoms with E-state index < -0.39 is 24.9 Å². The number of rotatable bonds is 5. The largest absolute Gasteiger partial charge is 0.346 e. The highest BCUT2D eigenvalue weighted by molar-refractivity contribution is 5.95. The van der Waals surface area contributed by atoms with Crippen LogP contribution >= 0.6 is 0 Å². The molecule has 0 saturated heterocycles. The molecule has 0 unspecified atom stereocenters. The Bertz CT molecular complexity index is 461. The summed E-state index contributed by atoms with van der Waals surface area (Å²) in [6.07, 6.45) is 0. The van der Waals surface area contributed by atoms with Gasteiger partial charge in [-0.3, -0.25) is 9.59 Å². The van der Waals surface area contributed by atoms with Gasteiger partial charge in [-0.1, -0.05) is 0 Å². The van der Waals surface area contributed by atoms with Crippen molar-refractivity contribution in [3.63, 3.8) is 0 Å². The Balaban J connectivity index is 2.60. The van der Waals surface area contributed by atoms with E-state index in [1.165, 1.54) is 31.2 Å². The Labute approximate surface area is 109 Å². The number of alkyl halides is 2. The summed E-state index contributed by atoms with van der Waals surface area (Å²) >= 11 is 0. The van der Waals surface area contributed by atoms with Crippen LogP contribution in [-0.4, -0.2) is 30.8 Å². The maximum atomic E-state index is 12.8. The predicted molar refractivity (Wildman–Crippen MR) is 67.1 cm³/mol. The second-order valence-corrected chi connectivity index (χ2v) is 4.00. The van der Waals surface area contributed by atoms with Gasteiger partial charge in [0.25, 0.3) is 11.8 Å². The van der Waals surface area contributed by atoms with Crippen LogP contribution in [0.1, 0.15) is 17.3 Å². The first-order chi connectivity index (χ1) is 8.84. The predicted octanol–water partition coefficient (Wildman–Crippen LogP) is 0.969. The lowest BCUT2D eigenvalue weighted by atomic mass is 10.2. The van der Waals surface area contributed by atoms with Gasteiger partial charge >= 0.3 is 0 Å². The maximum absolute atomic E-state index is 12.8. The highest BCUT2D eigenvalue weighted by Crippen LogP contribution is 2.11. The topological polar surface area (TPSA) is 84.2 Å². The number of amides is 2. The summed E-state index contributed by atoms with van der Waals surface area (Å²) in [6.45, 7) is -0.278. The van der Waals surface area contributed by atoms with Gasteiger partial charge in [0.1, 0.15) is 0 Å². The van der Waals surface area contributed by atoms with Crippen LogP contribution in [0.4, 0.5) is 14.5 Å². The van der Waals surface area contributed by atoms with E-state index in [4.69, 9.17) is 5.73 Å². The molecule has 0 heterocycles. The average Bonchev–Trinajstić information content (AvgIpc) is 2.36. The van der Waals surface area contributed by atoms with E-state index in [0.717, 1.165) is 0 Å². The van der Waals surface area contributed by atoms with Crippen LogP contribution in [0.3, 0.4) is 0 Å². The van der Waals surface area contributed by atoms with Gasteiger partial charge in [-0.25, -0.2) is 8.78 Å². The van der Waals surface area contributed by atoms with Crippen LogP contribution in [0.5, 0.6) is 0 Å². The van der Waals surface area contributed by atoms with Crippen molar-refractivity contribution in [2.24, 2.45) is 5.73 Å². The van der Waals surface area contributed by atoms with Crippen molar-refractivity contribution in [3.05, 3.63) is 29.8 Å². The number of hydrogen-bond acceptors (Lipinski definition) is 3. The standard InChI is InChI=1S/C12H15F2N3O2/c1-8(18)17-10-4-2-9(3-5-10)11(19)16-7-12(13,14)6-15/h2-5H,6-7,15H2,1H3,(H,16,19)(H,17,18). The number of anilines is 1. The SMILES string of the molecule is CC(=O)Nc1ccc(C(=O)NCC(F)(F)CN)cc1. The summed E-state index contributed by atoms with van der Waals surface area (Å²) in [6, 6.07) is 5.89. The molecular formula is C12H15F2N3O2. The minimum absolute atomic E-state index is 0.224. The Morgan fingerprint density at radius 3 is 2.32 bits per heavy atom. The zero-order valence-corrected chi connectivity index (χ0v) is 10.4. The van der Waals surface area contributed by atoms with Crippen molar-refractivity contribution < 1.29 is 18.4 Å². The molecule has 0 saturated carbocycles. The normalized spacial score (nSPS) is 10.9. The monoisotopic (exact) mass is 271 g/mol. The third-order valence-corrected chi connectivity index (χ3v) is 2.27. The van der Waals surface area contributed by atoms with Gasteiger partial charge in [-0.15, -0.1) is 0 Å². The summed E-state index contributed by atoms with van der Waals surface area (Å²) in [5, 5.41) is 4.62. The number of carbonyl (C=O) groups is 2. The van der Waals surface area contributed by atoms with Crippen LogP contribution in [-0.2, 0) is 4.79 Å². The molecular weight excluding hydrogens is 256 g/mol. The first-order valence-corrected chi connectivity index (χ1v) is 5.58. The molecule has 0 fully saturated rings. The lowest BCUT2D eigenvalue weighted by Gasteiger charge is -2.14. The molecule has 2 amide bonds. The molecule has 1 aromatic carbocycles. The number of nitrogens with one attached hydrogen (secondary N) is 2. The number of nitrogens with two attached hydrogens (primary N) is 1. The summed E-state index contributed by atoms with van der Waals surface area (Å²) in [5.74, 6) is -3.98. The third-order valence-electron chi connectivity index (χ3n) is 2.27. The first-order valence-electron chi connectivity index (χ1n) is 5.58. The number of hydrogen-bond donors (Lipinski definition) is 3. The molecule has 0 aromatic heterocycles. The molecule has 0 bridgehead atoms. The maximum Gasteiger partial charge on any atom is 0.277 e. The summed E-state index contributed by atoms with van der Waals surface area (Å²) in [4.78, 5) is 22.4. The lowest BCUT2D eigenvalue weighted by molar-refractivity contribution is -0.114. The highest BCUT2D eigenvalue weighted by Gasteiger charge is 2.27. The summed E-state index contributed by atoms with van der Waals surface area (Å²) in [7, 11) is 0. The van der Waals surface area contributed by atoms with Crippen LogP contribution in [0.2, 0.25) is 0 Å². The lowest BCUT2D eigenvalue weighted by Crippen LogP contribution is -2.41. The van der Waals surface area contributed by atoms with Gasteiger partial charge in [-0.05, 0) is 24.3 Å². The van der Waals surface area contributed by atoms with Crippen LogP contribution in [0.15, 0.2) is 24.3 Å². The Morgan fingerprint density at radius 2 is 1.84 bits per heavy atom. The Morgan fingerprint density at radius 1 is 1.26 bits per heavy atom. The number of benzene rings is 1. The highest BCUT2D eigenvalue weighted by atomic mass is 19.3. The molecule has 0 atom stereocenters. The van der Waals surface area contributed by atoms with Crippen molar-refractivity contribution in [1.29, 1.82) is 0 Å². The van der Waals surface area contributed by atoms with E-state index in [-0.39, 0.29) is 11.5 Å². The molecule has 0 aliphatic carbocycles. The molecule has 0 spiro atoms. The average molecular weight is 271 g/mol. The van der Waals surface area contributed by atoms with Gasteiger partial charge in [0.05, 0.1) is 13.1 Å². The van der Waals surface area contributed by atoms with Gasteiger partial charge in [0, 0.05) is 18.2 Å². The van der Waals surface area contributed by atoms with Crippen LogP contribution in [0.25, 0.3) is 0 Å². The first kappa shape index (κ1) is 15.0. The Hall–Kier alpha value is -2.02. The molecule has 7 heteroatoms. The molecule has 0 aliphatic rings. The second kappa shape index (κ2) is 6.24. The molecule has 0 aliphatic heterocycles. The van der Waals surface area contributed by atoms with Gasteiger partial charge < -0.3 is 16.4 Å². The van der Waals surface area contributed by atoms with Crippen molar-refractivity contribution in [2.75, 3.05) is 18.4 Å². The molecule has 1 aromatic rings. The summed E-state index contributed by atoms with van der Waals surface area (Å²) in [5.41, 5.74) is 5.60. The fourth-order valence-electron chi connectivity index (χ4n) is 1.29. The van der Waals surface area contributed by atoms with E-state index in [1.807, 2.05) is 0 Å². The van der Waals surface area contributed by atoms with Crippen molar-refractivity contribution in [1.82, 2.24) is 5.32 Å². The minimum atomic E-state index is -3.12. The molecule has 4 N–H and O–H groups in total. The molecule has 1 rings (SSSR count). The molecule has 0 radical (unpaired) electrons. The zero-order valence-electron chi connectivity index (χ0n) is 10.4. The Kier molecular flexibility index (Phi) is 4.94. The quantitative estimate of drug-likeness (QED) is 0.746. The van der Waals surface area contributed by atoms with E-state index in [2.05, 4.69) is 10.6 Å². The molecule has 104 valence electrons. The van der Waals surface area contributed by atoms with Crippen LogP contribution < -0.4 is 16.4 Å². The number of halogens is 2. The number of carbonyl (C=O) groups excluding carboxylic acids is 2. The second-order valence-electron chi connectivity index (χ2n) is 4.00. The van der Waals surface area contributed by atoms with Crippen molar-refractivity contribution in [3.8, 4) is 0 Å². The van der Waals surface area contributed by atoms with E-state index in [1.54, 1.807) is 0 Å². The molecule has 19 heavy (non-hydrogen) atoms. The van der Waals surface area contributed by atoms with Crippen molar-refractivity contribution >= 4 is 17.5 Å². The van der Waals surface area contributed by atoms with Gasteiger partial charge in [0.15, 0.2) is 0 Å². The van der Waals surface area contributed by atoms with E-state index in [9.17, 15) is 18.4 Å². The zero-order chi connectivity index (χ0) is 14.5. The summed E-state index contributed by atoms with van der Waals surface area (Å²) < 4.78 is 25.7. The van der Waals surface area contributed by atoms with E-state index >= 15 is 0 Å². The third kappa shape index (κ3) is 5.01. The van der Waals surface area contributed by atoms with Crippen molar-refractivity contribution in [2.45, 2.75) is 12.8 Å². The molecule has 5 nitrogen and oxygen atoms in total. The minimum Gasteiger partial charge on any atom is -0.346 e. The van der Waals surface area contributed by atoms with E-state index in [0.29, 0.717) is 5.69 Å². The van der Waals surface area contributed by atoms with Gasteiger partial charge in [0.2, 0.25) is 5.91 Å². The smallest absolute Gasteiger partial charge is 0.277 e. The van der Waals surface area contributed by atoms with Gasteiger partial charge in [-0.2, -0.15) is 0 Å². The van der Waals surface area contributed by atoms with Crippen LogP contribution in [0, 0.1) is 0 Å². The fraction of sp³-hybridized carbons (Fsp3) is 0.333.